The van der Waals surface area contributed by atoms with Crippen LogP contribution in [0.15, 0.2) is 53.4 Å². The number of hydrogen-bond acceptors (Lipinski definition) is 4. The first-order valence-electron chi connectivity index (χ1n) is 9.30. The minimum atomic E-state index is -3.56. The van der Waals surface area contributed by atoms with Crippen LogP contribution in [-0.2, 0) is 26.6 Å². The number of nitrogens with one attached hydrogen (secondary N) is 1. The Kier molecular flexibility index (Phi) is 6.19. The van der Waals surface area contributed by atoms with Crippen molar-refractivity contribution in [3.8, 4) is 5.75 Å². The van der Waals surface area contributed by atoms with Gasteiger partial charge in [-0.25, -0.2) is 13.1 Å². The van der Waals surface area contributed by atoms with Gasteiger partial charge in [-0.05, 0) is 54.7 Å². The molecule has 0 amide bonds. The molecule has 0 aromatic heterocycles. The Morgan fingerprint density at radius 3 is 2.22 bits per heavy atom. The third-order valence-corrected chi connectivity index (χ3v) is 6.81. The van der Waals surface area contributed by atoms with E-state index in [-0.39, 0.29) is 5.41 Å². The van der Waals surface area contributed by atoms with Gasteiger partial charge in [0.2, 0.25) is 10.0 Å². The van der Waals surface area contributed by atoms with E-state index in [0.717, 1.165) is 36.1 Å². The van der Waals surface area contributed by atoms with E-state index in [1.165, 1.54) is 0 Å². The van der Waals surface area contributed by atoms with Crippen LogP contribution < -0.4 is 9.46 Å². The third-order valence-electron chi connectivity index (χ3n) is 5.39. The Morgan fingerprint density at radius 1 is 1.04 bits per heavy atom. The SMILES string of the molecule is CCc1ccc(S(=O)(=O)NCC2(c3ccc(OC)cc3)CCOCC2)cc1. The van der Waals surface area contributed by atoms with Crippen LogP contribution in [0.3, 0.4) is 0 Å². The molecule has 0 spiro atoms. The second-order valence-electron chi connectivity index (χ2n) is 6.94. The second kappa shape index (κ2) is 8.42. The van der Waals surface area contributed by atoms with E-state index < -0.39 is 10.0 Å². The number of aryl methyl sites for hydroxylation is 1. The van der Waals surface area contributed by atoms with Gasteiger partial charge in [0.1, 0.15) is 5.75 Å². The molecule has 1 aliphatic heterocycles. The summed E-state index contributed by atoms with van der Waals surface area (Å²) in [6.45, 7) is 3.64. The largest absolute Gasteiger partial charge is 0.497 e. The number of sulfonamides is 1. The smallest absolute Gasteiger partial charge is 0.240 e. The molecule has 1 heterocycles. The molecule has 0 unspecified atom stereocenters. The summed E-state index contributed by atoms with van der Waals surface area (Å²) in [7, 11) is -1.92. The molecular formula is C21H27NO4S. The van der Waals surface area contributed by atoms with Crippen molar-refractivity contribution >= 4 is 10.0 Å². The van der Waals surface area contributed by atoms with Crippen molar-refractivity contribution in [1.82, 2.24) is 4.72 Å². The normalized spacial score (nSPS) is 16.8. The number of methoxy groups -OCH3 is 1. The highest BCUT2D eigenvalue weighted by atomic mass is 32.2. The van der Waals surface area contributed by atoms with Crippen LogP contribution in [0.25, 0.3) is 0 Å². The van der Waals surface area contributed by atoms with Crippen LogP contribution in [0.5, 0.6) is 5.75 Å². The minimum absolute atomic E-state index is 0.277. The maximum Gasteiger partial charge on any atom is 0.240 e. The van der Waals surface area contributed by atoms with E-state index in [1.807, 2.05) is 43.3 Å². The summed E-state index contributed by atoms with van der Waals surface area (Å²) in [5, 5.41) is 0. The molecule has 6 heteroatoms. The highest BCUT2D eigenvalue weighted by Crippen LogP contribution is 2.35. The van der Waals surface area contributed by atoms with E-state index >= 15 is 0 Å². The van der Waals surface area contributed by atoms with Gasteiger partial charge in [-0.2, -0.15) is 0 Å². The summed E-state index contributed by atoms with van der Waals surface area (Å²) in [5.74, 6) is 0.789. The zero-order valence-corrected chi connectivity index (χ0v) is 16.7. The maximum absolute atomic E-state index is 12.8. The van der Waals surface area contributed by atoms with Gasteiger partial charge in [0.15, 0.2) is 0 Å². The highest BCUT2D eigenvalue weighted by molar-refractivity contribution is 7.89. The summed E-state index contributed by atoms with van der Waals surface area (Å²) in [5.41, 5.74) is 1.95. The summed E-state index contributed by atoms with van der Waals surface area (Å²) >= 11 is 0. The average Bonchev–Trinajstić information content (AvgIpc) is 2.73. The molecule has 2 aromatic carbocycles. The van der Waals surface area contributed by atoms with Crippen LogP contribution in [0, 0.1) is 0 Å². The molecule has 1 saturated heterocycles. The monoisotopic (exact) mass is 389 g/mol. The van der Waals surface area contributed by atoms with Crippen LogP contribution in [-0.4, -0.2) is 35.3 Å². The second-order valence-corrected chi connectivity index (χ2v) is 8.71. The van der Waals surface area contributed by atoms with Gasteiger partial charge in [-0.15, -0.1) is 0 Å². The zero-order valence-electron chi connectivity index (χ0n) is 15.9. The Bertz CT molecular complexity index is 839. The van der Waals surface area contributed by atoms with Gasteiger partial charge in [-0.3, -0.25) is 0 Å². The molecule has 0 bridgehead atoms. The summed E-state index contributed by atoms with van der Waals surface area (Å²) < 4.78 is 39.2. The average molecular weight is 390 g/mol. The summed E-state index contributed by atoms with van der Waals surface area (Å²) in [6.07, 6.45) is 2.43. The molecule has 5 nitrogen and oxygen atoms in total. The van der Waals surface area contributed by atoms with Crippen molar-refractivity contribution in [3.05, 3.63) is 59.7 Å². The van der Waals surface area contributed by atoms with Gasteiger partial charge in [0, 0.05) is 25.2 Å². The molecule has 0 radical (unpaired) electrons. The van der Waals surface area contributed by atoms with E-state index in [9.17, 15) is 8.42 Å². The Labute approximate surface area is 161 Å². The van der Waals surface area contributed by atoms with Crippen LogP contribution in [0.1, 0.15) is 30.9 Å². The predicted octanol–water partition coefficient (Wildman–Crippen LogP) is 3.28. The van der Waals surface area contributed by atoms with Gasteiger partial charge in [0.05, 0.1) is 12.0 Å². The molecular weight excluding hydrogens is 362 g/mol. The lowest BCUT2D eigenvalue weighted by Crippen LogP contribution is -2.44. The van der Waals surface area contributed by atoms with Crippen molar-refractivity contribution in [2.75, 3.05) is 26.9 Å². The molecule has 0 atom stereocenters. The number of benzene rings is 2. The fourth-order valence-corrected chi connectivity index (χ4v) is 4.62. The Balaban J connectivity index is 1.81. The first-order valence-corrected chi connectivity index (χ1v) is 10.8. The minimum Gasteiger partial charge on any atom is -0.497 e. The maximum atomic E-state index is 12.8. The molecule has 146 valence electrons. The molecule has 1 aliphatic rings. The highest BCUT2D eigenvalue weighted by Gasteiger charge is 2.35. The standard InChI is InChI=1S/C21H27NO4S/c1-3-17-4-10-20(11-5-17)27(23,24)22-16-21(12-14-26-15-13-21)18-6-8-19(25-2)9-7-18/h4-11,22H,3,12-16H2,1-2H3. The van der Waals surface area contributed by atoms with E-state index in [4.69, 9.17) is 9.47 Å². The summed E-state index contributed by atoms with van der Waals surface area (Å²) in [4.78, 5) is 0.302. The summed E-state index contributed by atoms with van der Waals surface area (Å²) in [6, 6.07) is 15.0. The molecule has 27 heavy (non-hydrogen) atoms. The molecule has 1 N–H and O–H groups in total. The van der Waals surface area contributed by atoms with Crippen molar-refractivity contribution < 1.29 is 17.9 Å². The van der Waals surface area contributed by atoms with Crippen molar-refractivity contribution in [3.63, 3.8) is 0 Å². The van der Waals surface area contributed by atoms with E-state index in [2.05, 4.69) is 4.72 Å². The lowest BCUT2D eigenvalue weighted by Gasteiger charge is -2.38. The van der Waals surface area contributed by atoms with Gasteiger partial charge in [-0.1, -0.05) is 31.2 Å². The first-order chi connectivity index (χ1) is 13.0. The quantitative estimate of drug-likeness (QED) is 0.789. The molecule has 0 aliphatic carbocycles. The molecule has 1 fully saturated rings. The van der Waals surface area contributed by atoms with Crippen molar-refractivity contribution in [1.29, 1.82) is 0 Å². The third kappa shape index (κ3) is 4.51. The topological polar surface area (TPSA) is 64.6 Å². The van der Waals surface area contributed by atoms with Gasteiger partial charge >= 0.3 is 0 Å². The fourth-order valence-electron chi connectivity index (χ4n) is 3.50. The molecule has 3 rings (SSSR count). The van der Waals surface area contributed by atoms with Gasteiger partial charge in [0.25, 0.3) is 0 Å². The molecule has 2 aromatic rings. The number of rotatable bonds is 7. The van der Waals surface area contributed by atoms with E-state index in [0.29, 0.717) is 24.7 Å². The Morgan fingerprint density at radius 2 is 1.67 bits per heavy atom. The predicted molar refractivity (Wildman–Crippen MR) is 106 cm³/mol. The number of hydrogen-bond donors (Lipinski definition) is 1. The van der Waals surface area contributed by atoms with Crippen LogP contribution in [0.4, 0.5) is 0 Å². The van der Waals surface area contributed by atoms with Crippen LogP contribution >= 0.6 is 0 Å². The van der Waals surface area contributed by atoms with Crippen molar-refractivity contribution in [2.45, 2.75) is 36.5 Å². The lowest BCUT2D eigenvalue weighted by atomic mass is 9.74. The fraction of sp³-hybridized carbons (Fsp3) is 0.429. The van der Waals surface area contributed by atoms with Crippen LogP contribution in [0.2, 0.25) is 0 Å². The van der Waals surface area contributed by atoms with Crippen molar-refractivity contribution in [2.24, 2.45) is 0 Å². The number of ether oxygens (including phenoxy) is 2. The first kappa shape index (κ1) is 19.9. The molecule has 0 saturated carbocycles. The van der Waals surface area contributed by atoms with E-state index in [1.54, 1.807) is 19.2 Å². The zero-order chi connectivity index (χ0) is 19.3. The Hall–Kier alpha value is -1.89. The van der Waals surface area contributed by atoms with Gasteiger partial charge < -0.3 is 9.47 Å². The lowest BCUT2D eigenvalue weighted by molar-refractivity contribution is 0.0517.